The van der Waals surface area contributed by atoms with Gasteiger partial charge in [-0.2, -0.15) is 0 Å². The summed E-state index contributed by atoms with van der Waals surface area (Å²) < 4.78 is 11.6. The number of hydrogen-bond acceptors (Lipinski definition) is 4. The number of benzene rings is 1. The molecular weight excluding hydrogens is 284 g/mol. The zero-order chi connectivity index (χ0) is 15.0. The first-order valence-corrected chi connectivity index (χ1v) is 7.38. The Morgan fingerprint density at radius 3 is 2.33 bits per heavy atom. The lowest BCUT2D eigenvalue weighted by molar-refractivity contribution is 0.397. The highest BCUT2D eigenvalue weighted by Gasteiger charge is 2.27. The van der Waals surface area contributed by atoms with Gasteiger partial charge in [0.05, 0.1) is 25.5 Å². The van der Waals surface area contributed by atoms with E-state index in [0.717, 1.165) is 34.1 Å². The molecule has 0 unspecified atom stereocenters. The first kappa shape index (κ1) is 14.1. The van der Waals surface area contributed by atoms with E-state index in [1.54, 1.807) is 14.2 Å². The normalized spacial score (nSPS) is 14.0. The van der Waals surface area contributed by atoms with Gasteiger partial charge in [0, 0.05) is 11.5 Å². The number of hydrogen-bond donors (Lipinski definition) is 1. The fraction of sp³-hybridized carbons (Fsp3) is 0.375. The Balaban J connectivity index is 2.27. The molecule has 1 aromatic heterocycles. The highest BCUT2D eigenvalue weighted by Crippen LogP contribution is 2.42. The average molecular weight is 302 g/mol. The molecule has 5 heteroatoms. The summed E-state index contributed by atoms with van der Waals surface area (Å²) in [5, 5.41) is 0. The molecule has 1 N–H and O–H groups in total. The van der Waals surface area contributed by atoms with Crippen molar-refractivity contribution < 1.29 is 9.47 Å². The maximum atomic E-state index is 5.50. The number of rotatable bonds is 4. The quantitative estimate of drug-likeness (QED) is 0.867. The molecular formula is C16H18N2O2S. The van der Waals surface area contributed by atoms with Crippen LogP contribution in [0.15, 0.2) is 18.2 Å². The lowest BCUT2D eigenvalue weighted by Crippen LogP contribution is -2.02. The summed E-state index contributed by atoms with van der Waals surface area (Å²) in [6.07, 6.45) is 2.34. The molecule has 1 aromatic carbocycles. The van der Waals surface area contributed by atoms with Gasteiger partial charge >= 0.3 is 0 Å². The van der Waals surface area contributed by atoms with Crippen molar-refractivity contribution in [1.82, 2.24) is 9.97 Å². The van der Waals surface area contributed by atoms with Crippen LogP contribution in [-0.2, 0) is 0 Å². The molecule has 0 saturated heterocycles. The number of H-pyrrole nitrogens is 1. The molecule has 0 spiro atoms. The molecule has 0 amide bonds. The summed E-state index contributed by atoms with van der Waals surface area (Å²) in [5.41, 5.74) is 2.78. The van der Waals surface area contributed by atoms with Crippen LogP contribution in [0.2, 0.25) is 0 Å². The molecule has 21 heavy (non-hydrogen) atoms. The lowest BCUT2D eigenvalue weighted by Gasteiger charge is -2.16. The molecule has 1 fully saturated rings. The van der Waals surface area contributed by atoms with Crippen LogP contribution in [0.4, 0.5) is 0 Å². The molecule has 4 nitrogen and oxygen atoms in total. The van der Waals surface area contributed by atoms with E-state index in [-0.39, 0.29) is 0 Å². The Labute approximate surface area is 129 Å². The predicted molar refractivity (Wildman–Crippen MR) is 84.7 cm³/mol. The Bertz CT molecular complexity index is 713. The van der Waals surface area contributed by atoms with Crippen molar-refractivity contribution in [3.05, 3.63) is 34.2 Å². The molecule has 3 rings (SSSR count). The van der Waals surface area contributed by atoms with E-state index >= 15 is 0 Å². The van der Waals surface area contributed by atoms with Gasteiger partial charge in [-0.15, -0.1) is 0 Å². The predicted octanol–water partition coefficient (Wildman–Crippen LogP) is 4.01. The highest BCUT2D eigenvalue weighted by molar-refractivity contribution is 7.71. The molecule has 1 saturated carbocycles. The van der Waals surface area contributed by atoms with Crippen LogP contribution in [0, 0.1) is 11.6 Å². The average Bonchev–Trinajstić information content (AvgIpc) is 3.34. The van der Waals surface area contributed by atoms with Gasteiger partial charge in [0.25, 0.3) is 0 Å². The fourth-order valence-electron chi connectivity index (χ4n) is 2.45. The third kappa shape index (κ3) is 2.53. The number of nitrogens with one attached hydrogen (secondary N) is 1. The molecule has 1 heterocycles. The van der Waals surface area contributed by atoms with Gasteiger partial charge in [-0.05, 0) is 31.9 Å². The number of aromatic amines is 1. The maximum absolute atomic E-state index is 5.50. The Morgan fingerprint density at radius 2 is 1.81 bits per heavy atom. The molecule has 0 radical (unpaired) electrons. The van der Waals surface area contributed by atoms with Crippen molar-refractivity contribution >= 4 is 12.2 Å². The van der Waals surface area contributed by atoms with Crippen LogP contribution in [0.3, 0.4) is 0 Å². The molecule has 0 bridgehead atoms. The van der Waals surface area contributed by atoms with Crippen LogP contribution in [0.5, 0.6) is 11.5 Å². The molecule has 0 atom stereocenters. The van der Waals surface area contributed by atoms with Crippen molar-refractivity contribution in [3.8, 4) is 22.8 Å². The van der Waals surface area contributed by atoms with E-state index in [2.05, 4.69) is 9.97 Å². The van der Waals surface area contributed by atoms with E-state index in [4.69, 9.17) is 21.7 Å². The minimum absolute atomic E-state index is 0.506. The van der Waals surface area contributed by atoms with Crippen LogP contribution in [0.25, 0.3) is 11.3 Å². The SMILES string of the molecule is COc1cccc(OC)c1-c1[nH]c(C2CC2)nc(=S)c1C. The van der Waals surface area contributed by atoms with Gasteiger partial charge < -0.3 is 14.5 Å². The number of ether oxygens (including phenoxy) is 2. The molecule has 1 aliphatic carbocycles. The third-order valence-corrected chi connectivity index (χ3v) is 4.21. The summed E-state index contributed by atoms with van der Waals surface area (Å²) in [6, 6.07) is 5.75. The summed E-state index contributed by atoms with van der Waals surface area (Å²) in [7, 11) is 3.32. The smallest absolute Gasteiger partial charge is 0.133 e. The lowest BCUT2D eigenvalue weighted by atomic mass is 10.1. The zero-order valence-electron chi connectivity index (χ0n) is 12.4. The van der Waals surface area contributed by atoms with Crippen LogP contribution in [0.1, 0.15) is 30.1 Å². The second kappa shape index (κ2) is 5.48. The maximum Gasteiger partial charge on any atom is 0.133 e. The Kier molecular flexibility index (Phi) is 3.68. The van der Waals surface area contributed by atoms with Crippen LogP contribution >= 0.6 is 12.2 Å². The van der Waals surface area contributed by atoms with E-state index in [9.17, 15) is 0 Å². The second-order valence-electron chi connectivity index (χ2n) is 5.24. The fourth-order valence-corrected chi connectivity index (χ4v) is 2.65. The standard InChI is InChI=1S/C16H18N2O2S/c1-9-14(17-15(10-7-8-10)18-16(9)21)13-11(19-2)5-4-6-12(13)20-3/h4-6,10H,7-8H2,1-3H3,(H,17,18,21). The minimum atomic E-state index is 0.506. The van der Waals surface area contributed by atoms with Gasteiger partial charge in [-0.1, -0.05) is 18.3 Å². The topological polar surface area (TPSA) is 47.1 Å². The monoisotopic (exact) mass is 302 g/mol. The van der Waals surface area contributed by atoms with Crippen molar-refractivity contribution in [2.45, 2.75) is 25.7 Å². The minimum Gasteiger partial charge on any atom is -0.496 e. The molecule has 2 aromatic rings. The number of aromatic nitrogens is 2. The van der Waals surface area contributed by atoms with Gasteiger partial charge in [-0.25, -0.2) is 4.98 Å². The second-order valence-corrected chi connectivity index (χ2v) is 5.63. The van der Waals surface area contributed by atoms with Crippen molar-refractivity contribution in [2.24, 2.45) is 0 Å². The van der Waals surface area contributed by atoms with Crippen molar-refractivity contribution in [3.63, 3.8) is 0 Å². The van der Waals surface area contributed by atoms with Crippen molar-refractivity contribution in [1.29, 1.82) is 0 Å². The largest absolute Gasteiger partial charge is 0.496 e. The summed E-state index contributed by atoms with van der Waals surface area (Å²) in [6.45, 7) is 1.98. The molecule has 110 valence electrons. The Hall–Kier alpha value is -1.88. The van der Waals surface area contributed by atoms with E-state index in [1.165, 1.54) is 12.8 Å². The van der Waals surface area contributed by atoms with Gasteiger partial charge in [-0.3, -0.25) is 0 Å². The molecule has 0 aliphatic heterocycles. The van der Waals surface area contributed by atoms with Gasteiger partial charge in [0.1, 0.15) is 22.0 Å². The van der Waals surface area contributed by atoms with E-state index in [0.29, 0.717) is 10.6 Å². The zero-order valence-corrected chi connectivity index (χ0v) is 13.2. The Morgan fingerprint density at radius 1 is 1.19 bits per heavy atom. The van der Waals surface area contributed by atoms with Gasteiger partial charge in [0.2, 0.25) is 0 Å². The molecule has 1 aliphatic rings. The third-order valence-electron chi connectivity index (χ3n) is 3.81. The van der Waals surface area contributed by atoms with E-state index < -0.39 is 0 Å². The first-order valence-electron chi connectivity index (χ1n) is 6.98. The van der Waals surface area contributed by atoms with Gasteiger partial charge in [0.15, 0.2) is 0 Å². The number of nitrogens with zero attached hydrogens (tertiary/aromatic N) is 1. The highest BCUT2D eigenvalue weighted by atomic mass is 32.1. The van der Waals surface area contributed by atoms with Crippen LogP contribution in [-0.4, -0.2) is 24.2 Å². The first-order chi connectivity index (χ1) is 10.2. The summed E-state index contributed by atoms with van der Waals surface area (Å²) >= 11 is 5.42. The number of methoxy groups -OCH3 is 2. The van der Waals surface area contributed by atoms with E-state index in [1.807, 2.05) is 25.1 Å². The summed E-state index contributed by atoms with van der Waals surface area (Å²) in [4.78, 5) is 7.95. The van der Waals surface area contributed by atoms with Crippen molar-refractivity contribution in [2.75, 3.05) is 14.2 Å². The van der Waals surface area contributed by atoms with Crippen LogP contribution < -0.4 is 9.47 Å². The summed E-state index contributed by atoms with van der Waals surface area (Å²) in [5.74, 6) is 2.99.